The third-order valence-electron chi connectivity index (χ3n) is 4.16. The molecule has 0 aliphatic carbocycles. The minimum atomic E-state index is -0.472. The summed E-state index contributed by atoms with van der Waals surface area (Å²) in [5.74, 6) is -0.0790. The zero-order valence-corrected chi connectivity index (χ0v) is 13.7. The molecule has 124 valence electrons. The van der Waals surface area contributed by atoms with E-state index in [-0.39, 0.29) is 5.91 Å². The number of benzene rings is 2. The second kappa shape index (κ2) is 6.74. The Morgan fingerprint density at radius 1 is 1.17 bits per heavy atom. The molecule has 0 saturated heterocycles. The van der Waals surface area contributed by atoms with Gasteiger partial charge in [-0.2, -0.15) is 0 Å². The molecule has 0 unspecified atom stereocenters. The van der Waals surface area contributed by atoms with Crippen LogP contribution in [-0.2, 0) is 16.0 Å². The van der Waals surface area contributed by atoms with Crippen LogP contribution in [0.25, 0.3) is 0 Å². The van der Waals surface area contributed by atoms with Gasteiger partial charge in [-0.05, 0) is 30.2 Å². The fraction of sp³-hybridized carbons (Fsp3) is 0.263. The van der Waals surface area contributed by atoms with Crippen LogP contribution in [0.5, 0.6) is 5.75 Å². The van der Waals surface area contributed by atoms with Crippen molar-refractivity contribution in [3.63, 3.8) is 0 Å². The second-order valence-corrected chi connectivity index (χ2v) is 5.64. The van der Waals surface area contributed by atoms with Crippen LogP contribution in [0.4, 0.5) is 5.69 Å². The number of hydrogen-bond donors (Lipinski definition) is 0. The summed E-state index contributed by atoms with van der Waals surface area (Å²) in [5.41, 5.74) is 3.04. The largest absolute Gasteiger partial charge is 0.489 e. The molecule has 5 nitrogen and oxygen atoms in total. The second-order valence-electron chi connectivity index (χ2n) is 5.64. The summed E-state index contributed by atoms with van der Waals surface area (Å²) >= 11 is 0. The van der Waals surface area contributed by atoms with Gasteiger partial charge in [0.25, 0.3) is 0 Å². The first-order valence-corrected chi connectivity index (χ1v) is 7.81. The third-order valence-corrected chi connectivity index (χ3v) is 4.16. The van der Waals surface area contributed by atoms with E-state index in [9.17, 15) is 9.59 Å². The van der Waals surface area contributed by atoms with Gasteiger partial charge in [0.15, 0.2) is 5.75 Å². The molecule has 0 N–H and O–H groups in total. The molecule has 0 aromatic heterocycles. The van der Waals surface area contributed by atoms with Gasteiger partial charge in [0, 0.05) is 0 Å². The van der Waals surface area contributed by atoms with Gasteiger partial charge in [-0.25, -0.2) is 4.79 Å². The highest BCUT2D eigenvalue weighted by Crippen LogP contribution is 2.35. The average Bonchev–Trinajstić information content (AvgIpc) is 2.61. The van der Waals surface area contributed by atoms with Crippen LogP contribution < -0.4 is 9.64 Å². The first-order chi connectivity index (χ1) is 11.6. The van der Waals surface area contributed by atoms with Gasteiger partial charge in [-0.3, -0.25) is 4.79 Å². The van der Waals surface area contributed by atoms with E-state index in [1.165, 1.54) is 7.11 Å². The van der Waals surface area contributed by atoms with Crippen molar-refractivity contribution >= 4 is 17.6 Å². The standard InChI is InChI=1S/C19H19NO4/c1-13-6-3-4-7-14(13)12-17(21)20-10-11-24-18-15(19(22)23-2)8-5-9-16(18)20/h3-9H,10-12H2,1-2H3. The quantitative estimate of drug-likeness (QED) is 0.814. The molecule has 1 amide bonds. The van der Waals surface area contributed by atoms with Gasteiger partial charge in [0.05, 0.1) is 25.8 Å². The Morgan fingerprint density at radius 3 is 2.71 bits per heavy atom. The van der Waals surface area contributed by atoms with Crippen molar-refractivity contribution in [2.75, 3.05) is 25.2 Å². The average molecular weight is 325 g/mol. The van der Waals surface area contributed by atoms with Gasteiger partial charge in [0.1, 0.15) is 12.2 Å². The lowest BCUT2D eigenvalue weighted by molar-refractivity contribution is -0.118. The molecular weight excluding hydrogens is 306 g/mol. The first kappa shape index (κ1) is 16.1. The SMILES string of the molecule is COC(=O)c1cccc2c1OCCN2C(=O)Cc1ccccc1C. The van der Waals surface area contributed by atoms with E-state index < -0.39 is 5.97 Å². The van der Waals surface area contributed by atoms with Crippen LogP contribution in [0.1, 0.15) is 21.5 Å². The lowest BCUT2D eigenvalue weighted by Gasteiger charge is -2.30. The summed E-state index contributed by atoms with van der Waals surface area (Å²) in [6.07, 6.45) is 0.314. The van der Waals surface area contributed by atoms with E-state index in [0.29, 0.717) is 36.6 Å². The molecule has 1 aliphatic heterocycles. The van der Waals surface area contributed by atoms with E-state index in [0.717, 1.165) is 11.1 Å². The van der Waals surface area contributed by atoms with Gasteiger partial charge in [-0.15, -0.1) is 0 Å². The summed E-state index contributed by atoms with van der Waals surface area (Å²) in [6, 6.07) is 13.0. The molecular formula is C19H19NO4. The lowest BCUT2D eigenvalue weighted by atomic mass is 10.0. The smallest absolute Gasteiger partial charge is 0.341 e. The van der Waals surface area contributed by atoms with Crippen LogP contribution in [0.3, 0.4) is 0 Å². The van der Waals surface area contributed by atoms with Gasteiger partial charge >= 0.3 is 5.97 Å². The Balaban J connectivity index is 1.91. The highest BCUT2D eigenvalue weighted by Gasteiger charge is 2.28. The fourth-order valence-corrected chi connectivity index (χ4v) is 2.85. The Kier molecular flexibility index (Phi) is 4.51. The van der Waals surface area contributed by atoms with Crippen molar-refractivity contribution in [2.24, 2.45) is 0 Å². The number of fused-ring (bicyclic) bond motifs is 1. The van der Waals surface area contributed by atoms with Crippen molar-refractivity contribution < 1.29 is 19.1 Å². The molecule has 0 spiro atoms. The normalized spacial score (nSPS) is 13.0. The van der Waals surface area contributed by atoms with E-state index in [2.05, 4.69) is 0 Å². The minimum Gasteiger partial charge on any atom is -0.489 e. The van der Waals surface area contributed by atoms with Crippen LogP contribution in [0, 0.1) is 6.92 Å². The number of nitrogens with zero attached hydrogens (tertiary/aromatic N) is 1. The van der Waals surface area contributed by atoms with Gasteiger partial charge in [-0.1, -0.05) is 30.3 Å². The van der Waals surface area contributed by atoms with Crippen LogP contribution >= 0.6 is 0 Å². The van der Waals surface area contributed by atoms with Crippen molar-refractivity contribution in [1.29, 1.82) is 0 Å². The number of methoxy groups -OCH3 is 1. The maximum Gasteiger partial charge on any atom is 0.341 e. The summed E-state index contributed by atoms with van der Waals surface area (Å²) in [6.45, 7) is 2.80. The number of esters is 1. The Hall–Kier alpha value is -2.82. The maximum atomic E-state index is 12.8. The van der Waals surface area contributed by atoms with E-state index in [1.807, 2.05) is 31.2 Å². The number of carbonyl (C=O) groups excluding carboxylic acids is 2. The summed E-state index contributed by atoms with van der Waals surface area (Å²) < 4.78 is 10.4. The molecule has 1 heterocycles. The van der Waals surface area contributed by atoms with Crippen molar-refractivity contribution in [2.45, 2.75) is 13.3 Å². The molecule has 0 atom stereocenters. The zero-order valence-electron chi connectivity index (χ0n) is 13.7. The summed E-state index contributed by atoms with van der Waals surface area (Å²) in [5, 5.41) is 0. The molecule has 0 radical (unpaired) electrons. The van der Waals surface area contributed by atoms with Crippen molar-refractivity contribution in [1.82, 2.24) is 0 Å². The number of amides is 1. The van der Waals surface area contributed by atoms with E-state index in [1.54, 1.807) is 23.1 Å². The number of carbonyl (C=O) groups is 2. The third kappa shape index (κ3) is 2.97. The zero-order chi connectivity index (χ0) is 17.1. The number of rotatable bonds is 3. The van der Waals surface area contributed by atoms with Crippen molar-refractivity contribution in [3.05, 3.63) is 59.2 Å². The van der Waals surface area contributed by atoms with E-state index >= 15 is 0 Å². The number of aryl methyl sites for hydroxylation is 1. The summed E-state index contributed by atoms with van der Waals surface area (Å²) in [7, 11) is 1.33. The van der Waals surface area contributed by atoms with Gasteiger partial charge < -0.3 is 14.4 Å². The highest BCUT2D eigenvalue weighted by atomic mass is 16.5. The fourth-order valence-electron chi connectivity index (χ4n) is 2.85. The number of hydrogen-bond acceptors (Lipinski definition) is 4. The van der Waals surface area contributed by atoms with E-state index in [4.69, 9.17) is 9.47 Å². The molecule has 0 saturated carbocycles. The van der Waals surface area contributed by atoms with Crippen molar-refractivity contribution in [3.8, 4) is 5.75 Å². The molecule has 5 heteroatoms. The molecule has 3 rings (SSSR count). The Morgan fingerprint density at radius 2 is 1.96 bits per heavy atom. The minimum absolute atomic E-state index is 0.0177. The molecule has 1 aliphatic rings. The van der Waals surface area contributed by atoms with Crippen LogP contribution in [0.15, 0.2) is 42.5 Å². The Labute approximate surface area is 140 Å². The number of ether oxygens (including phenoxy) is 2. The predicted octanol–water partition coefficient (Wildman–Crippen LogP) is 2.75. The topological polar surface area (TPSA) is 55.8 Å². The number of para-hydroxylation sites is 1. The predicted molar refractivity (Wildman–Crippen MR) is 90.5 cm³/mol. The monoisotopic (exact) mass is 325 g/mol. The first-order valence-electron chi connectivity index (χ1n) is 7.81. The molecule has 24 heavy (non-hydrogen) atoms. The van der Waals surface area contributed by atoms with Crippen LogP contribution in [0.2, 0.25) is 0 Å². The summed E-state index contributed by atoms with van der Waals surface area (Å²) in [4.78, 5) is 26.4. The maximum absolute atomic E-state index is 12.8. The Bertz CT molecular complexity index is 785. The molecule has 2 aromatic rings. The number of anilines is 1. The van der Waals surface area contributed by atoms with Gasteiger partial charge in [0.2, 0.25) is 5.91 Å². The van der Waals surface area contributed by atoms with Crippen LogP contribution in [-0.4, -0.2) is 32.1 Å². The molecule has 0 fully saturated rings. The highest BCUT2D eigenvalue weighted by molar-refractivity contribution is 6.01. The molecule has 0 bridgehead atoms. The lowest BCUT2D eigenvalue weighted by Crippen LogP contribution is -2.39. The molecule has 2 aromatic carbocycles.